The summed E-state index contributed by atoms with van der Waals surface area (Å²) in [7, 11) is 0. The van der Waals surface area contributed by atoms with Crippen LogP contribution in [-0.4, -0.2) is 22.1 Å². The molecule has 11 rings (SSSR count). The molecule has 0 radical (unpaired) electrons. The molecule has 0 aliphatic heterocycles. The second kappa shape index (κ2) is 17.9. The fourth-order valence-electron chi connectivity index (χ4n) is 7.79. The van der Waals surface area contributed by atoms with Crippen LogP contribution in [0.5, 0.6) is 0 Å². The van der Waals surface area contributed by atoms with Gasteiger partial charge < -0.3 is 10.6 Å². The summed E-state index contributed by atoms with van der Waals surface area (Å²) >= 11 is 0. The van der Waals surface area contributed by atoms with Crippen LogP contribution in [0.3, 0.4) is 0 Å². The van der Waals surface area contributed by atoms with Crippen LogP contribution in [0, 0.1) is 13.8 Å². The van der Waals surface area contributed by atoms with Gasteiger partial charge in [-0.1, -0.05) is 109 Å². The molecule has 5 heteroatoms. The summed E-state index contributed by atoms with van der Waals surface area (Å²) in [5.41, 5.74) is 11.7. The summed E-state index contributed by atoms with van der Waals surface area (Å²) in [4.78, 5) is 9.85. The average molecular weight is 790 g/mol. The minimum Gasteiger partial charge on any atom is -0.655 e. The first-order chi connectivity index (χ1) is 26.6. The van der Waals surface area contributed by atoms with Gasteiger partial charge >= 0.3 is 26.2 Å². The van der Waals surface area contributed by atoms with Gasteiger partial charge in [-0.25, -0.2) is 0 Å². The number of nitrogens with zero attached hydrogens (tertiary/aromatic N) is 4. The summed E-state index contributed by atoms with van der Waals surface area (Å²) in [5.74, 6) is 0.354. The zero-order valence-corrected chi connectivity index (χ0v) is 33.2. The molecule has 0 spiro atoms. The summed E-state index contributed by atoms with van der Waals surface area (Å²) in [6.07, 6.45) is 0. The Kier molecular flexibility index (Phi) is 12.3. The molecule has 0 saturated carbocycles. The Morgan fingerprint density at radius 3 is 1.05 bits per heavy atom. The normalized spacial score (nSPS) is 17.4. The molecule has 55 heavy (non-hydrogen) atoms. The number of rotatable bonds is 6. The van der Waals surface area contributed by atoms with Crippen LogP contribution in [0.15, 0.2) is 182 Å². The number of hydrogen-bond acceptors (Lipinski definition) is 2. The third-order valence-electron chi connectivity index (χ3n) is 10.3. The third-order valence-corrected chi connectivity index (χ3v) is 10.3. The van der Waals surface area contributed by atoms with E-state index in [0.29, 0.717) is 13.1 Å². The Bertz CT molecular complexity index is 2250. The number of para-hydroxylation sites is 2. The molecule has 3 aliphatic carbocycles. The first kappa shape index (κ1) is 38.0. The maximum absolute atomic E-state index is 5.41. The van der Waals surface area contributed by atoms with Crippen molar-refractivity contribution in [3.63, 3.8) is 0 Å². The van der Waals surface area contributed by atoms with Crippen LogP contribution in [0.4, 0.5) is 0 Å². The molecular formula is C50H42N4Zr. The third kappa shape index (κ3) is 8.66. The molecular weight excluding hydrogens is 748 g/mol. The van der Waals surface area contributed by atoms with Gasteiger partial charge in [-0.15, -0.1) is 49.4 Å². The van der Waals surface area contributed by atoms with Gasteiger partial charge in [0.05, 0.1) is 11.0 Å². The quantitative estimate of drug-likeness (QED) is 0.158. The molecule has 3 aliphatic rings. The molecule has 0 amide bonds. The van der Waals surface area contributed by atoms with E-state index in [1.165, 1.54) is 22.3 Å². The number of hydrogen-bond donors (Lipinski definition) is 0. The topological polar surface area (TPSA) is 54.0 Å². The Labute approximate surface area is 344 Å². The van der Waals surface area contributed by atoms with Crippen molar-refractivity contribution in [2.45, 2.75) is 37.0 Å². The first-order valence-corrected chi connectivity index (χ1v) is 18.6. The van der Waals surface area contributed by atoms with Crippen molar-refractivity contribution in [2.75, 3.05) is 0 Å². The van der Waals surface area contributed by atoms with Crippen LogP contribution in [0.25, 0.3) is 32.4 Å². The van der Waals surface area contributed by atoms with E-state index in [0.717, 1.165) is 44.3 Å². The van der Waals surface area contributed by atoms with E-state index in [2.05, 4.69) is 123 Å². The number of aromatic nitrogens is 2. The smallest absolute Gasteiger partial charge is 0.655 e. The Morgan fingerprint density at radius 1 is 0.382 bits per heavy atom. The average Bonchev–Trinajstić information content (AvgIpc) is 3.23. The van der Waals surface area contributed by atoms with E-state index in [4.69, 9.17) is 20.6 Å². The number of fused-ring (bicyclic) bond motifs is 3. The minimum atomic E-state index is 0. The zero-order valence-electron chi connectivity index (χ0n) is 30.7. The number of benzene rings is 6. The SMILES string of the molecule is [CH2-]c1ccccc1.[CH2-]c1ccccc1.[Zr+4].c1ccc2c(c1)C1c3ccccc3C2[C@@H]([N-]Cc2ccc3ccccc3n2)[C@@H]1[N-]Cc1ccc2ccccc2n1. The monoisotopic (exact) mass is 788 g/mol. The maximum Gasteiger partial charge on any atom is 4.00 e. The van der Waals surface area contributed by atoms with Gasteiger partial charge in [0, 0.05) is 22.2 Å². The van der Waals surface area contributed by atoms with Crippen LogP contribution >= 0.6 is 0 Å². The van der Waals surface area contributed by atoms with E-state index < -0.39 is 0 Å². The fourth-order valence-corrected chi connectivity index (χ4v) is 7.79. The molecule has 266 valence electrons. The van der Waals surface area contributed by atoms with Crippen molar-refractivity contribution in [1.29, 1.82) is 0 Å². The van der Waals surface area contributed by atoms with Crippen molar-refractivity contribution < 1.29 is 26.2 Å². The molecule has 2 bridgehead atoms. The molecule has 2 aromatic heterocycles. The molecule has 4 nitrogen and oxygen atoms in total. The molecule has 8 aromatic rings. The van der Waals surface area contributed by atoms with Gasteiger partial charge in [-0.2, -0.15) is 49.2 Å². The number of pyridine rings is 2. The summed E-state index contributed by atoms with van der Waals surface area (Å²) < 4.78 is 0. The van der Waals surface area contributed by atoms with Crippen LogP contribution in [0.1, 0.15) is 56.6 Å². The van der Waals surface area contributed by atoms with E-state index in [1.807, 2.05) is 72.8 Å². The zero-order chi connectivity index (χ0) is 36.7. The fraction of sp³-hybridized carbons (Fsp3) is 0.120. The maximum atomic E-state index is 5.41. The second-order valence-corrected chi connectivity index (χ2v) is 13.8. The van der Waals surface area contributed by atoms with Gasteiger partial charge in [0.2, 0.25) is 0 Å². The van der Waals surface area contributed by atoms with E-state index in [9.17, 15) is 0 Å². The molecule has 6 aromatic carbocycles. The Hall–Kier alpha value is -5.32. The molecule has 0 N–H and O–H groups in total. The van der Waals surface area contributed by atoms with Crippen molar-refractivity contribution in [2.24, 2.45) is 0 Å². The summed E-state index contributed by atoms with van der Waals surface area (Å²) in [6, 6.07) is 62.7. The molecule has 0 fully saturated rings. The van der Waals surface area contributed by atoms with Gasteiger partial charge in [-0.3, -0.25) is 9.97 Å². The molecule has 0 saturated heterocycles. The standard InChI is InChI=1S/C36H28N4.2C7H7.Zr/c1-7-15-31-23(9-1)17-19-25(39-31)21-37-35-33-27-11-3-5-13-29(27)34(30-14-6-4-12-28(30)33)36(35)38-22-26-20-18-24-10-2-8-16-32(24)40-26;2*1-7-5-3-2-4-6-7;/h1-20,33-36H,21-22H2;2*2-6H,1H2;/q-2;2*-1;+4/t33?,34?,35-,36-;;;/m1.../s1. The summed E-state index contributed by atoms with van der Waals surface area (Å²) in [6.45, 7) is 8.59. The minimum absolute atomic E-state index is 0. The van der Waals surface area contributed by atoms with Crippen LogP contribution in [-0.2, 0) is 39.3 Å². The van der Waals surface area contributed by atoms with Gasteiger partial charge in [0.25, 0.3) is 0 Å². The Morgan fingerprint density at radius 2 is 0.709 bits per heavy atom. The van der Waals surface area contributed by atoms with Crippen molar-refractivity contribution in [3.05, 3.63) is 251 Å². The Balaban J connectivity index is 0.000000261. The first-order valence-electron chi connectivity index (χ1n) is 18.6. The predicted octanol–water partition coefficient (Wildman–Crippen LogP) is 12.0. The van der Waals surface area contributed by atoms with Gasteiger partial charge in [0.15, 0.2) is 0 Å². The predicted molar refractivity (Wildman–Crippen MR) is 224 cm³/mol. The second-order valence-electron chi connectivity index (χ2n) is 13.8. The van der Waals surface area contributed by atoms with Crippen molar-refractivity contribution >= 4 is 21.8 Å². The molecule has 0 unspecified atom stereocenters. The van der Waals surface area contributed by atoms with E-state index >= 15 is 0 Å². The summed E-state index contributed by atoms with van der Waals surface area (Å²) in [5, 5.41) is 13.1. The van der Waals surface area contributed by atoms with E-state index in [-0.39, 0.29) is 50.1 Å². The van der Waals surface area contributed by atoms with Crippen LogP contribution in [0.2, 0.25) is 0 Å². The molecule has 2 atom stereocenters. The van der Waals surface area contributed by atoms with E-state index in [1.54, 1.807) is 0 Å². The van der Waals surface area contributed by atoms with Crippen LogP contribution < -0.4 is 0 Å². The van der Waals surface area contributed by atoms with Gasteiger partial charge in [0.1, 0.15) is 0 Å². The largest absolute Gasteiger partial charge is 4.00 e. The van der Waals surface area contributed by atoms with Gasteiger partial charge in [-0.05, 0) is 58.4 Å². The van der Waals surface area contributed by atoms with Crippen molar-refractivity contribution in [1.82, 2.24) is 9.97 Å². The van der Waals surface area contributed by atoms with Crippen molar-refractivity contribution in [3.8, 4) is 0 Å². The molecule has 2 heterocycles.